The number of ether oxygens (including phenoxy) is 2. The molecule has 0 fully saturated rings. The summed E-state index contributed by atoms with van der Waals surface area (Å²) in [6.07, 6.45) is 1.31. The molecular weight excluding hydrogens is 326 g/mol. The highest BCUT2D eigenvalue weighted by Crippen LogP contribution is 2.15. The van der Waals surface area contributed by atoms with Crippen LogP contribution in [0.25, 0.3) is 6.08 Å². The fourth-order valence-electron chi connectivity index (χ4n) is 1.70. The largest absolute Gasteiger partial charge is 0.497 e. The van der Waals surface area contributed by atoms with Gasteiger partial charge in [0.1, 0.15) is 17.4 Å². The van der Waals surface area contributed by atoms with E-state index in [1.165, 1.54) is 13.2 Å². The van der Waals surface area contributed by atoms with Crippen molar-refractivity contribution in [1.82, 2.24) is 10.6 Å². The van der Waals surface area contributed by atoms with Crippen LogP contribution in [0.2, 0.25) is 0 Å². The number of carbonyl (C=O) groups excluding carboxylic acids is 3. The molecule has 0 aliphatic rings. The van der Waals surface area contributed by atoms with E-state index in [0.717, 1.165) is 0 Å². The zero-order chi connectivity index (χ0) is 18.8. The summed E-state index contributed by atoms with van der Waals surface area (Å²) in [5.74, 6) is -1.20. The van der Waals surface area contributed by atoms with Crippen LogP contribution < -0.4 is 15.4 Å². The Labute approximate surface area is 145 Å². The normalized spacial score (nSPS) is 10.6. The number of nitrogens with zero attached hydrogens (tertiary/aromatic N) is 1. The summed E-state index contributed by atoms with van der Waals surface area (Å²) in [5, 5.41) is 13.5. The molecule has 25 heavy (non-hydrogen) atoms. The summed E-state index contributed by atoms with van der Waals surface area (Å²) in [7, 11) is 1.50. The highest BCUT2D eigenvalue weighted by Gasteiger charge is 2.15. The Morgan fingerprint density at radius 3 is 2.64 bits per heavy atom. The molecule has 0 aliphatic carbocycles. The van der Waals surface area contributed by atoms with E-state index in [1.807, 2.05) is 5.32 Å². The summed E-state index contributed by atoms with van der Waals surface area (Å²) in [4.78, 5) is 34.7. The fraction of sp³-hybridized carbons (Fsp3) is 0.294. The molecule has 8 nitrogen and oxygen atoms in total. The van der Waals surface area contributed by atoms with Gasteiger partial charge in [-0.05, 0) is 37.6 Å². The number of imide groups is 1. The number of rotatable bonds is 6. The van der Waals surface area contributed by atoms with E-state index in [2.05, 4.69) is 5.32 Å². The smallest absolute Gasteiger partial charge is 0.349 e. The molecule has 0 aromatic heterocycles. The van der Waals surface area contributed by atoms with E-state index in [0.29, 0.717) is 11.3 Å². The van der Waals surface area contributed by atoms with Crippen LogP contribution in [0.4, 0.5) is 4.79 Å². The van der Waals surface area contributed by atoms with Crippen LogP contribution in [0, 0.1) is 11.3 Å². The first-order valence-electron chi connectivity index (χ1n) is 7.39. The lowest BCUT2D eigenvalue weighted by atomic mass is 10.1. The highest BCUT2D eigenvalue weighted by molar-refractivity contribution is 6.00. The molecule has 0 saturated heterocycles. The van der Waals surface area contributed by atoms with Crippen molar-refractivity contribution in [2.24, 2.45) is 0 Å². The van der Waals surface area contributed by atoms with Crippen molar-refractivity contribution >= 4 is 24.0 Å². The monoisotopic (exact) mass is 345 g/mol. The average Bonchev–Trinajstić information content (AvgIpc) is 2.56. The van der Waals surface area contributed by atoms with E-state index in [9.17, 15) is 14.4 Å². The van der Waals surface area contributed by atoms with Crippen LogP contribution in [0.3, 0.4) is 0 Å². The maximum atomic E-state index is 11.9. The lowest BCUT2D eigenvalue weighted by Gasteiger charge is -2.09. The van der Waals surface area contributed by atoms with E-state index in [4.69, 9.17) is 14.7 Å². The van der Waals surface area contributed by atoms with Crippen LogP contribution in [0.1, 0.15) is 19.4 Å². The van der Waals surface area contributed by atoms with Gasteiger partial charge in [0.2, 0.25) is 0 Å². The Kier molecular flexibility index (Phi) is 7.66. The van der Waals surface area contributed by atoms with Gasteiger partial charge in [-0.1, -0.05) is 12.1 Å². The van der Waals surface area contributed by atoms with E-state index in [1.54, 1.807) is 44.2 Å². The zero-order valence-corrected chi connectivity index (χ0v) is 14.2. The third-order valence-electron chi connectivity index (χ3n) is 2.75. The van der Waals surface area contributed by atoms with Gasteiger partial charge in [-0.25, -0.2) is 9.59 Å². The van der Waals surface area contributed by atoms with Crippen molar-refractivity contribution < 1.29 is 23.9 Å². The number of amides is 3. The second-order valence-corrected chi connectivity index (χ2v) is 5.20. The molecule has 1 rings (SSSR count). The van der Waals surface area contributed by atoms with Crippen molar-refractivity contribution in [2.75, 3.05) is 13.7 Å². The Hall–Kier alpha value is -3.34. The number of hydrogen-bond donors (Lipinski definition) is 2. The van der Waals surface area contributed by atoms with Crippen LogP contribution in [0.15, 0.2) is 29.8 Å². The topological polar surface area (TPSA) is 118 Å². The van der Waals surface area contributed by atoms with E-state index >= 15 is 0 Å². The molecule has 8 heteroatoms. The van der Waals surface area contributed by atoms with Crippen LogP contribution in [-0.4, -0.2) is 37.7 Å². The number of carbonyl (C=O) groups is 3. The van der Waals surface area contributed by atoms with Crippen LogP contribution >= 0.6 is 0 Å². The van der Waals surface area contributed by atoms with Gasteiger partial charge in [0.15, 0.2) is 6.61 Å². The molecule has 0 heterocycles. The van der Waals surface area contributed by atoms with Crippen LogP contribution in [-0.2, 0) is 14.3 Å². The zero-order valence-electron chi connectivity index (χ0n) is 14.2. The molecule has 1 aromatic carbocycles. The maximum Gasteiger partial charge on any atom is 0.349 e. The Balaban J connectivity index is 2.64. The lowest BCUT2D eigenvalue weighted by Crippen LogP contribution is -2.44. The summed E-state index contributed by atoms with van der Waals surface area (Å²) in [5.41, 5.74) is 0.279. The predicted octanol–water partition coefficient (Wildman–Crippen LogP) is 1.38. The van der Waals surface area contributed by atoms with Gasteiger partial charge in [0.05, 0.1) is 7.11 Å². The molecule has 0 saturated carbocycles. The first-order valence-corrected chi connectivity index (χ1v) is 7.39. The first-order chi connectivity index (χ1) is 11.8. The van der Waals surface area contributed by atoms with Gasteiger partial charge in [-0.3, -0.25) is 10.1 Å². The molecule has 132 valence electrons. The summed E-state index contributed by atoms with van der Waals surface area (Å²) < 4.78 is 9.79. The Morgan fingerprint density at radius 1 is 1.32 bits per heavy atom. The maximum absolute atomic E-state index is 11.9. The minimum atomic E-state index is -0.968. The third-order valence-corrected chi connectivity index (χ3v) is 2.75. The van der Waals surface area contributed by atoms with Gasteiger partial charge in [0.25, 0.3) is 5.91 Å². The minimum absolute atomic E-state index is 0.147. The number of methoxy groups -OCH3 is 1. The standard InChI is InChI=1S/C17H19N3O5/c1-11(2)19-17(23)20-15(21)10-25-16(22)13(9-18)7-12-5-4-6-14(8-12)24-3/h4-8,11H,10H2,1-3H3,(H2,19,20,21,23)/b13-7+. The van der Waals surface area contributed by atoms with Gasteiger partial charge in [-0.15, -0.1) is 0 Å². The molecule has 0 unspecified atom stereocenters. The Morgan fingerprint density at radius 2 is 2.04 bits per heavy atom. The van der Waals surface area contributed by atoms with Crippen molar-refractivity contribution in [3.05, 3.63) is 35.4 Å². The number of nitriles is 1. The molecule has 1 aromatic rings. The molecule has 0 atom stereocenters. The summed E-state index contributed by atoms with van der Waals surface area (Å²) >= 11 is 0. The fourth-order valence-corrected chi connectivity index (χ4v) is 1.70. The first kappa shape index (κ1) is 19.7. The lowest BCUT2D eigenvalue weighted by molar-refractivity contribution is -0.144. The molecule has 3 amide bonds. The number of benzene rings is 1. The third kappa shape index (κ3) is 7.18. The summed E-state index contributed by atoms with van der Waals surface area (Å²) in [6.45, 7) is 2.78. The molecule has 0 bridgehead atoms. The van der Waals surface area contributed by atoms with E-state index < -0.39 is 24.5 Å². The summed E-state index contributed by atoms with van der Waals surface area (Å²) in [6, 6.07) is 7.60. The van der Waals surface area contributed by atoms with Gasteiger partial charge < -0.3 is 14.8 Å². The van der Waals surface area contributed by atoms with Gasteiger partial charge in [0, 0.05) is 6.04 Å². The van der Waals surface area contributed by atoms with Crippen molar-refractivity contribution in [3.63, 3.8) is 0 Å². The van der Waals surface area contributed by atoms with Crippen molar-refractivity contribution in [2.45, 2.75) is 19.9 Å². The number of urea groups is 1. The molecule has 0 aliphatic heterocycles. The second kappa shape index (κ2) is 9.72. The average molecular weight is 345 g/mol. The molecule has 2 N–H and O–H groups in total. The second-order valence-electron chi connectivity index (χ2n) is 5.20. The predicted molar refractivity (Wildman–Crippen MR) is 89.4 cm³/mol. The van der Waals surface area contributed by atoms with Crippen molar-refractivity contribution in [3.8, 4) is 11.8 Å². The number of esters is 1. The SMILES string of the molecule is COc1cccc(/C=C(\C#N)C(=O)OCC(=O)NC(=O)NC(C)C)c1. The number of nitrogens with one attached hydrogen (secondary N) is 2. The molecular formula is C17H19N3O5. The minimum Gasteiger partial charge on any atom is -0.497 e. The Bertz CT molecular complexity index is 719. The quantitative estimate of drug-likeness (QED) is 0.457. The molecule has 0 radical (unpaired) electrons. The van der Waals surface area contributed by atoms with Gasteiger partial charge in [-0.2, -0.15) is 5.26 Å². The van der Waals surface area contributed by atoms with Crippen LogP contribution in [0.5, 0.6) is 5.75 Å². The van der Waals surface area contributed by atoms with Gasteiger partial charge >= 0.3 is 12.0 Å². The van der Waals surface area contributed by atoms with Crippen molar-refractivity contribution in [1.29, 1.82) is 5.26 Å². The molecule has 0 spiro atoms. The highest BCUT2D eigenvalue weighted by atomic mass is 16.5. The number of hydrogen-bond acceptors (Lipinski definition) is 6. The van der Waals surface area contributed by atoms with E-state index in [-0.39, 0.29) is 11.6 Å².